The van der Waals surface area contributed by atoms with Gasteiger partial charge in [-0.05, 0) is 98.1 Å². The minimum atomic E-state index is -2.75. The van der Waals surface area contributed by atoms with Crippen LogP contribution in [0.1, 0.15) is 94.5 Å². The van der Waals surface area contributed by atoms with E-state index in [4.69, 9.17) is 20.7 Å². The number of nitrogens with zero attached hydrogens (tertiary/aromatic N) is 4. The Morgan fingerprint density at radius 2 is 1.43 bits per heavy atom. The monoisotopic (exact) mass is 1060 g/mol. The molecule has 3 aromatic heterocycles. The number of fused-ring (bicyclic) bond motifs is 5. The van der Waals surface area contributed by atoms with Gasteiger partial charge in [-0.2, -0.15) is 18.2 Å². The molecule has 67 heavy (non-hydrogen) atoms. The molecule has 0 radical (unpaired) electrons. The van der Waals surface area contributed by atoms with Gasteiger partial charge in [-0.15, -0.1) is 29.7 Å². The van der Waals surface area contributed by atoms with Crippen LogP contribution in [0.4, 0.5) is 0 Å². The second-order valence-electron chi connectivity index (χ2n) is 19.8. The third-order valence-corrected chi connectivity index (χ3v) is 13.5. The van der Waals surface area contributed by atoms with Crippen molar-refractivity contribution in [2.24, 2.45) is 0 Å². The van der Waals surface area contributed by atoms with Gasteiger partial charge in [-0.25, -0.2) is 4.98 Å². The van der Waals surface area contributed by atoms with Gasteiger partial charge in [0.2, 0.25) is 0 Å². The number of benzene rings is 7. The number of aromatic nitrogens is 4. The topological polar surface area (TPSA) is 35.9 Å². The molecule has 0 bridgehead atoms. The van der Waals surface area contributed by atoms with Crippen molar-refractivity contribution in [2.45, 2.75) is 84.4 Å². The molecular formula is C61H54N4OPt-2. The summed E-state index contributed by atoms with van der Waals surface area (Å²) in [5.74, 6) is 1.04. The van der Waals surface area contributed by atoms with E-state index in [1.807, 2.05) is 65.2 Å². The Morgan fingerprint density at radius 1 is 0.701 bits per heavy atom. The van der Waals surface area contributed by atoms with E-state index in [0.29, 0.717) is 22.7 Å². The molecule has 7 aromatic carbocycles. The van der Waals surface area contributed by atoms with Gasteiger partial charge >= 0.3 is 0 Å². The van der Waals surface area contributed by atoms with Crippen molar-refractivity contribution in [3.05, 3.63) is 198 Å². The van der Waals surface area contributed by atoms with Crippen LogP contribution in [0.25, 0.3) is 72.3 Å². The summed E-state index contributed by atoms with van der Waals surface area (Å²) in [5.41, 5.74) is 10.7. The number of hydrogen-bond donors (Lipinski definition) is 0. The van der Waals surface area contributed by atoms with Crippen LogP contribution in [0.5, 0.6) is 11.5 Å². The van der Waals surface area contributed by atoms with Crippen molar-refractivity contribution in [3.63, 3.8) is 0 Å². The summed E-state index contributed by atoms with van der Waals surface area (Å²) in [6, 6.07) is 44.8. The maximum absolute atomic E-state index is 8.63. The molecule has 6 heteroatoms. The van der Waals surface area contributed by atoms with Gasteiger partial charge in [0, 0.05) is 54.0 Å². The van der Waals surface area contributed by atoms with Crippen molar-refractivity contribution < 1.29 is 41.3 Å². The van der Waals surface area contributed by atoms with E-state index in [1.54, 1.807) is 4.57 Å². The number of pyridine rings is 1. The zero-order chi connectivity index (χ0) is 52.4. The van der Waals surface area contributed by atoms with E-state index >= 15 is 0 Å². The van der Waals surface area contributed by atoms with Crippen molar-refractivity contribution >= 4 is 32.8 Å². The van der Waals surface area contributed by atoms with Crippen LogP contribution in [0.2, 0.25) is 0 Å². The average Bonchev–Trinajstić information content (AvgIpc) is 3.92. The summed E-state index contributed by atoms with van der Waals surface area (Å²) in [6.45, 7) is 13.5. The predicted molar refractivity (Wildman–Crippen MR) is 270 cm³/mol. The quantitative estimate of drug-likeness (QED) is 0.118. The molecule has 0 atom stereocenters. The van der Waals surface area contributed by atoms with Gasteiger partial charge in [0.15, 0.2) is 0 Å². The first-order valence-electron chi connectivity index (χ1n) is 26.5. The Morgan fingerprint density at radius 3 is 2.22 bits per heavy atom. The molecule has 10 aromatic rings. The maximum Gasteiger partial charge on any atom is 0.268 e. The Balaban J connectivity index is 0.00000641. The van der Waals surface area contributed by atoms with Crippen LogP contribution in [0, 0.1) is 25.3 Å². The molecule has 0 saturated carbocycles. The third-order valence-electron chi connectivity index (χ3n) is 13.5. The Bertz CT molecular complexity index is 3910. The first-order valence-corrected chi connectivity index (χ1v) is 22.5. The summed E-state index contributed by atoms with van der Waals surface area (Å²) in [4.78, 5) is 4.71. The standard InChI is InChI=1S/C61H54N4O.Pt/c1-40-34-57(62-38-49(40)41-18-10-9-11-19-41)65-53-25-13-12-22-47(53)48-30-29-45(37-56(48)65)66-44-21-16-20-43(36-44)63-39-64(55-27-15-14-26-54(55)63)58-46(23-17-24-51(58)59(2,3)4)42-28-31-50-52(35-42)61(7,8)33-32-60(50,5)6;/h9-31,34-35,38H,32-33H2,1-8H3;/q-2;/i1D3,9D,10D,11D,18D,19D;. The van der Waals surface area contributed by atoms with Crippen LogP contribution in [0.3, 0.4) is 0 Å². The first-order chi connectivity index (χ1) is 35.0. The average molecular weight is 1060 g/mol. The summed E-state index contributed by atoms with van der Waals surface area (Å²) in [6.07, 6.45) is 7.32. The number of para-hydroxylation sites is 4. The number of ether oxygens (including phenoxy) is 1. The van der Waals surface area contributed by atoms with Gasteiger partial charge in [0.25, 0.3) is 6.33 Å². The predicted octanol–water partition coefficient (Wildman–Crippen LogP) is 14.9. The van der Waals surface area contributed by atoms with Crippen LogP contribution in [-0.4, -0.2) is 14.1 Å². The molecule has 0 N–H and O–H groups in total. The summed E-state index contributed by atoms with van der Waals surface area (Å²) in [7, 11) is 0. The van der Waals surface area contributed by atoms with Crippen LogP contribution >= 0.6 is 0 Å². The van der Waals surface area contributed by atoms with Crippen molar-refractivity contribution in [1.82, 2.24) is 14.1 Å². The molecule has 0 amide bonds. The molecule has 11 rings (SSSR count). The largest absolute Gasteiger partial charge is 0.510 e. The molecule has 0 fully saturated rings. The van der Waals surface area contributed by atoms with Gasteiger partial charge in [-0.1, -0.05) is 163 Å². The molecule has 1 aliphatic carbocycles. The van der Waals surface area contributed by atoms with Crippen LogP contribution in [-0.2, 0) is 37.3 Å². The fourth-order valence-corrected chi connectivity index (χ4v) is 9.85. The van der Waals surface area contributed by atoms with Crippen molar-refractivity contribution in [2.75, 3.05) is 0 Å². The minimum Gasteiger partial charge on any atom is -0.510 e. The van der Waals surface area contributed by atoms with E-state index in [2.05, 4.69) is 126 Å². The molecule has 3 heterocycles. The normalized spacial score (nSPS) is 16.2. The fraction of sp³-hybridized carbons (Fsp3) is 0.213. The summed E-state index contributed by atoms with van der Waals surface area (Å²) < 4.78 is 80.2. The molecule has 0 aliphatic heterocycles. The van der Waals surface area contributed by atoms with Crippen LogP contribution in [0.15, 0.2) is 158 Å². The number of rotatable bonds is 7. The van der Waals surface area contributed by atoms with Crippen molar-refractivity contribution in [3.8, 4) is 50.9 Å². The van der Waals surface area contributed by atoms with E-state index in [9.17, 15) is 0 Å². The second kappa shape index (κ2) is 16.6. The van der Waals surface area contributed by atoms with Gasteiger partial charge < -0.3 is 13.9 Å². The molecule has 0 unspecified atom stereocenters. The number of imidazole rings is 1. The Hall–Kier alpha value is -6.55. The van der Waals surface area contributed by atoms with E-state index < -0.39 is 37.1 Å². The van der Waals surface area contributed by atoms with Gasteiger partial charge in [-0.3, -0.25) is 4.57 Å². The fourth-order valence-electron chi connectivity index (χ4n) is 9.85. The molecule has 0 saturated heterocycles. The molecule has 336 valence electrons. The van der Waals surface area contributed by atoms with Gasteiger partial charge in [0.1, 0.15) is 5.82 Å². The molecule has 5 nitrogen and oxygen atoms in total. The summed E-state index contributed by atoms with van der Waals surface area (Å²) in [5, 5.41) is 1.68. The SMILES string of the molecule is [2H]c1c([2H])c([2H])c(-c2cnc(-n3c4[c-]c(Oc5[c-]c(-n6[c-][n+](-c7c(-c8ccc9c(c8)C(C)(C)CCC9(C)C)cccc7C(C)(C)C)c7ccccc76)ccc5)ccc4c4ccccc43)cc2C([2H])([2H])[2H])c([2H])c1[2H].[Pt]. The zero-order valence-electron chi connectivity index (χ0n) is 46.6. The Kier molecular flexibility index (Phi) is 8.85. The molecule has 1 aliphatic rings. The number of hydrogen-bond acceptors (Lipinski definition) is 2. The summed E-state index contributed by atoms with van der Waals surface area (Å²) >= 11 is 0. The molecule has 0 spiro atoms. The van der Waals surface area contributed by atoms with E-state index in [1.165, 1.54) is 34.5 Å². The smallest absolute Gasteiger partial charge is 0.268 e. The number of aryl methyl sites for hydroxylation is 1. The van der Waals surface area contributed by atoms with Crippen molar-refractivity contribution in [1.29, 1.82) is 0 Å². The van der Waals surface area contributed by atoms with Gasteiger partial charge in [0.05, 0.1) is 23.6 Å². The zero-order valence-corrected chi connectivity index (χ0v) is 40.8. The first kappa shape index (κ1) is 35.6. The third kappa shape index (κ3) is 7.72. The maximum atomic E-state index is 8.63. The van der Waals surface area contributed by atoms with Crippen LogP contribution < -0.4 is 9.30 Å². The van der Waals surface area contributed by atoms with E-state index in [-0.39, 0.29) is 59.8 Å². The minimum absolute atomic E-state index is 0. The molecular weight excluding hydrogens is 1000 g/mol. The second-order valence-corrected chi connectivity index (χ2v) is 19.8. The van der Waals surface area contributed by atoms with E-state index in [0.717, 1.165) is 51.4 Å². The Labute approximate surface area is 420 Å².